The van der Waals surface area contributed by atoms with E-state index < -0.39 is 52.2 Å². The fourth-order valence-corrected chi connectivity index (χ4v) is 5.64. The molecule has 1 aromatic heterocycles. The molecule has 8 nitrogen and oxygen atoms in total. The van der Waals surface area contributed by atoms with E-state index in [9.17, 15) is 27.6 Å². The number of fused-ring (bicyclic) bond motifs is 3. The van der Waals surface area contributed by atoms with Crippen LogP contribution in [0.5, 0.6) is 0 Å². The summed E-state index contributed by atoms with van der Waals surface area (Å²) in [6.45, 7) is 2.38. The Balaban J connectivity index is 1.58. The maximum atomic E-state index is 14.4. The number of nitrogens with one attached hydrogen (secondary N) is 2. The Kier molecular flexibility index (Phi) is 6.45. The van der Waals surface area contributed by atoms with Crippen molar-refractivity contribution in [3.63, 3.8) is 0 Å². The third kappa shape index (κ3) is 4.46. The number of benzene rings is 2. The highest BCUT2D eigenvalue weighted by atomic mass is 19.1. The lowest BCUT2D eigenvalue weighted by atomic mass is 9.88. The van der Waals surface area contributed by atoms with Crippen LogP contribution in [0.15, 0.2) is 46.0 Å². The van der Waals surface area contributed by atoms with Crippen LogP contribution in [0.3, 0.4) is 0 Å². The Bertz CT molecular complexity index is 1480. The highest BCUT2D eigenvalue weighted by Gasteiger charge is 2.50. The molecule has 2 fully saturated rings. The lowest BCUT2D eigenvalue weighted by Gasteiger charge is -2.44. The molecule has 2 N–H and O–H groups in total. The molecule has 0 unspecified atom stereocenters. The Morgan fingerprint density at radius 3 is 2.68 bits per heavy atom. The molecule has 2 aliphatic heterocycles. The summed E-state index contributed by atoms with van der Waals surface area (Å²) in [6.07, 6.45) is 1.58. The van der Waals surface area contributed by atoms with Crippen LogP contribution in [0.2, 0.25) is 0 Å². The van der Waals surface area contributed by atoms with Crippen molar-refractivity contribution in [1.82, 2.24) is 19.8 Å². The van der Waals surface area contributed by atoms with Crippen molar-refractivity contribution >= 4 is 16.8 Å². The van der Waals surface area contributed by atoms with Crippen LogP contribution in [0.25, 0.3) is 10.9 Å². The first-order valence-corrected chi connectivity index (χ1v) is 12.1. The number of nitrogens with zero attached hydrogens (tertiary/aromatic N) is 2. The van der Waals surface area contributed by atoms with Gasteiger partial charge >= 0.3 is 5.69 Å². The number of H-pyrrole nitrogens is 1. The number of aromatic nitrogens is 2. The fraction of sp³-hybridized carbons (Fsp3) is 0.423. The van der Waals surface area contributed by atoms with Gasteiger partial charge in [-0.25, -0.2) is 22.5 Å². The maximum absolute atomic E-state index is 14.4. The molecular weight excluding hydrogens is 489 g/mol. The van der Waals surface area contributed by atoms with Gasteiger partial charge in [-0.1, -0.05) is 6.07 Å². The van der Waals surface area contributed by atoms with Crippen LogP contribution in [0, 0.1) is 17.5 Å². The zero-order valence-corrected chi connectivity index (χ0v) is 20.4. The van der Waals surface area contributed by atoms with Gasteiger partial charge in [0.15, 0.2) is 0 Å². The van der Waals surface area contributed by atoms with Crippen molar-refractivity contribution in [3.05, 3.63) is 80.3 Å². The predicted molar refractivity (Wildman–Crippen MR) is 130 cm³/mol. The summed E-state index contributed by atoms with van der Waals surface area (Å²) in [5.41, 5.74) is -2.06. The number of aromatic amines is 1. The summed E-state index contributed by atoms with van der Waals surface area (Å²) in [4.78, 5) is 45.0. The monoisotopic (exact) mass is 516 g/mol. The van der Waals surface area contributed by atoms with Crippen LogP contribution in [0.1, 0.15) is 43.8 Å². The Morgan fingerprint density at radius 1 is 1.19 bits per heavy atom. The van der Waals surface area contributed by atoms with E-state index in [4.69, 9.17) is 4.74 Å². The zero-order chi connectivity index (χ0) is 26.5. The van der Waals surface area contributed by atoms with Crippen molar-refractivity contribution in [2.24, 2.45) is 0 Å². The molecule has 2 bridgehead atoms. The lowest BCUT2D eigenvalue weighted by molar-refractivity contribution is -0.128. The molecule has 11 heteroatoms. The van der Waals surface area contributed by atoms with Crippen LogP contribution in [-0.4, -0.2) is 52.2 Å². The standard InChI is InChI=1S/C26H27F3N4O4/c1-14(18-5-3-16(28)10-20(18)29)30-23(34)22(11-26-8-7-17(32(26)2)12-37-13-26)33-24(35)19-9-15(27)4-6-21(19)31-25(33)36/h3-6,9-10,14,17,22H,7-8,11-13H2,1-2H3,(H,30,34)(H,31,36)/t14-,17-,22-,26-/m0/s1. The van der Waals surface area contributed by atoms with E-state index in [0.29, 0.717) is 25.7 Å². The predicted octanol–water partition coefficient (Wildman–Crippen LogP) is 2.78. The third-order valence-electron chi connectivity index (χ3n) is 7.79. The summed E-state index contributed by atoms with van der Waals surface area (Å²) < 4.78 is 48.4. The second kappa shape index (κ2) is 9.46. The van der Waals surface area contributed by atoms with Gasteiger partial charge in [0.05, 0.1) is 30.2 Å². The molecular formula is C26H27F3N4O4. The van der Waals surface area contributed by atoms with Gasteiger partial charge in [0.2, 0.25) is 5.91 Å². The Morgan fingerprint density at radius 2 is 1.92 bits per heavy atom. The number of hydrogen-bond acceptors (Lipinski definition) is 5. The van der Waals surface area contributed by atoms with Gasteiger partial charge in [-0.05, 0) is 57.5 Å². The first-order chi connectivity index (χ1) is 17.6. The number of hydrogen-bond donors (Lipinski definition) is 2. The normalized spacial score (nSPS) is 23.2. The van der Waals surface area contributed by atoms with Gasteiger partial charge in [-0.2, -0.15) is 0 Å². The highest BCUT2D eigenvalue weighted by molar-refractivity contribution is 5.82. The van der Waals surface area contributed by atoms with Crippen LogP contribution in [-0.2, 0) is 9.53 Å². The van der Waals surface area contributed by atoms with Crippen LogP contribution in [0.4, 0.5) is 13.2 Å². The van der Waals surface area contributed by atoms with E-state index in [1.165, 1.54) is 19.1 Å². The van der Waals surface area contributed by atoms with E-state index in [0.717, 1.165) is 29.2 Å². The smallest absolute Gasteiger partial charge is 0.329 e. The van der Waals surface area contributed by atoms with Crippen LogP contribution >= 0.6 is 0 Å². The number of ether oxygens (including phenoxy) is 1. The van der Waals surface area contributed by atoms with Crippen molar-refractivity contribution < 1.29 is 22.7 Å². The van der Waals surface area contributed by atoms with E-state index in [1.807, 2.05) is 7.05 Å². The lowest BCUT2D eigenvalue weighted by Crippen LogP contribution is -2.57. The number of rotatable bonds is 6. The van der Waals surface area contributed by atoms with Crippen LogP contribution < -0.4 is 16.6 Å². The Labute approximate surface area is 210 Å². The molecule has 196 valence electrons. The molecule has 4 atom stereocenters. The molecule has 37 heavy (non-hydrogen) atoms. The zero-order valence-electron chi connectivity index (χ0n) is 20.4. The van der Waals surface area contributed by atoms with Gasteiger partial charge in [0.1, 0.15) is 23.5 Å². The summed E-state index contributed by atoms with van der Waals surface area (Å²) in [7, 11) is 1.93. The minimum Gasteiger partial charge on any atom is -0.378 e. The van der Waals surface area contributed by atoms with Crippen molar-refractivity contribution in [3.8, 4) is 0 Å². The second-order valence-corrected chi connectivity index (χ2v) is 9.95. The first-order valence-electron chi connectivity index (χ1n) is 12.1. The molecule has 1 amide bonds. The summed E-state index contributed by atoms with van der Waals surface area (Å²) in [5.74, 6) is -2.95. The molecule has 2 aromatic carbocycles. The maximum Gasteiger partial charge on any atom is 0.329 e. The average Bonchev–Trinajstić information content (AvgIpc) is 3.00. The van der Waals surface area contributed by atoms with Crippen molar-refractivity contribution in [2.45, 2.75) is 49.9 Å². The summed E-state index contributed by atoms with van der Waals surface area (Å²) >= 11 is 0. The number of morpholine rings is 1. The largest absolute Gasteiger partial charge is 0.378 e. The number of amides is 1. The van der Waals surface area contributed by atoms with E-state index >= 15 is 0 Å². The molecule has 2 saturated heterocycles. The molecule has 0 aliphatic carbocycles. The quantitative estimate of drug-likeness (QED) is 0.526. The van der Waals surface area contributed by atoms with E-state index in [1.54, 1.807) is 0 Å². The Hall–Kier alpha value is -3.44. The topological polar surface area (TPSA) is 96.4 Å². The minimum atomic E-state index is -1.31. The molecule has 3 aromatic rings. The molecule has 0 radical (unpaired) electrons. The SMILES string of the molecule is C[C@H](NC(=O)[C@H](C[C@@]12CC[C@@H](COC1)N2C)n1c(=O)[nH]c2ccc(F)cc2c1=O)c1ccc(F)cc1F. The van der Waals surface area contributed by atoms with Gasteiger partial charge < -0.3 is 15.0 Å². The van der Waals surface area contributed by atoms with Gasteiger partial charge in [-0.15, -0.1) is 0 Å². The molecule has 0 saturated carbocycles. The third-order valence-corrected chi connectivity index (χ3v) is 7.79. The average molecular weight is 517 g/mol. The van der Waals surface area contributed by atoms with Gasteiger partial charge in [-0.3, -0.25) is 14.5 Å². The van der Waals surface area contributed by atoms with Crippen molar-refractivity contribution in [2.75, 3.05) is 20.3 Å². The molecule has 2 aliphatic rings. The number of halogens is 3. The van der Waals surface area contributed by atoms with Gasteiger partial charge in [0, 0.05) is 23.2 Å². The fourth-order valence-electron chi connectivity index (χ4n) is 5.64. The van der Waals surface area contributed by atoms with Crippen molar-refractivity contribution in [1.29, 1.82) is 0 Å². The second-order valence-electron chi connectivity index (χ2n) is 9.95. The number of likely N-dealkylation sites (N-methyl/N-ethyl adjacent to an activating group) is 1. The highest BCUT2D eigenvalue weighted by Crippen LogP contribution is 2.41. The summed E-state index contributed by atoms with van der Waals surface area (Å²) in [5, 5.41) is 2.60. The van der Waals surface area contributed by atoms with E-state index in [-0.39, 0.29) is 28.9 Å². The van der Waals surface area contributed by atoms with Gasteiger partial charge in [0.25, 0.3) is 5.56 Å². The molecule has 5 rings (SSSR count). The number of carbonyl (C=O) groups excluding carboxylic acids is 1. The molecule has 0 spiro atoms. The first kappa shape index (κ1) is 25.2. The van der Waals surface area contributed by atoms with E-state index in [2.05, 4.69) is 15.2 Å². The summed E-state index contributed by atoms with van der Waals surface area (Å²) in [6, 6.07) is 4.39. The number of carbonyl (C=O) groups is 1. The molecule has 3 heterocycles. The minimum absolute atomic E-state index is 0.0487.